The molecule has 0 bridgehead atoms. The number of nitrogens with zero attached hydrogens (tertiary/aromatic N) is 1. The van der Waals surface area contributed by atoms with Crippen molar-refractivity contribution in [2.75, 3.05) is 44.5 Å². The molecule has 0 aliphatic carbocycles. The number of hydrogen-bond donors (Lipinski definition) is 2. The molecule has 5 heteroatoms. The van der Waals surface area contributed by atoms with Gasteiger partial charge in [-0.1, -0.05) is 0 Å². The first-order valence-electron chi connectivity index (χ1n) is 6.57. The number of ether oxygens (including phenoxy) is 2. The number of hydrogen-bond acceptors (Lipinski definition) is 5. The lowest BCUT2D eigenvalue weighted by molar-refractivity contribution is 0.209. The lowest BCUT2D eigenvalue weighted by atomic mass is 9.98. The van der Waals surface area contributed by atoms with Crippen molar-refractivity contribution in [1.82, 2.24) is 0 Å². The van der Waals surface area contributed by atoms with Crippen molar-refractivity contribution in [3.8, 4) is 11.5 Å². The lowest BCUT2D eigenvalue weighted by Crippen LogP contribution is -2.37. The Morgan fingerprint density at radius 2 is 2.00 bits per heavy atom. The topological polar surface area (TPSA) is 68.0 Å². The molecule has 1 saturated heterocycles. The predicted molar refractivity (Wildman–Crippen MR) is 76.0 cm³/mol. The largest absolute Gasteiger partial charge is 0.493 e. The zero-order valence-corrected chi connectivity index (χ0v) is 11.6. The quantitative estimate of drug-likeness (QED) is 0.808. The number of rotatable bonds is 4. The van der Waals surface area contributed by atoms with Crippen LogP contribution in [0, 0.1) is 5.92 Å². The van der Waals surface area contributed by atoms with Gasteiger partial charge < -0.3 is 25.2 Å². The van der Waals surface area contributed by atoms with Crippen molar-refractivity contribution in [2.45, 2.75) is 12.8 Å². The number of aliphatic hydroxyl groups excluding tert-OH is 1. The van der Waals surface area contributed by atoms with Crippen LogP contribution in [0.2, 0.25) is 0 Å². The molecule has 1 heterocycles. The minimum absolute atomic E-state index is 0.226. The molecule has 1 aromatic carbocycles. The van der Waals surface area contributed by atoms with Gasteiger partial charge in [0.2, 0.25) is 0 Å². The van der Waals surface area contributed by atoms with Gasteiger partial charge in [-0.2, -0.15) is 0 Å². The van der Waals surface area contributed by atoms with E-state index >= 15 is 0 Å². The van der Waals surface area contributed by atoms with Crippen LogP contribution in [0.1, 0.15) is 12.8 Å². The Hall–Kier alpha value is -1.62. The van der Waals surface area contributed by atoms with Crippen LogP contribution in [0.5, 0.6) is 11.5 Å². The van der Waals surface area contributed by atoms with E-state index in [9.17, 15) is 5.11 Å². The van der Waals surface area contributed by atoms with Gasteiger partial charge >= 0.3 is 0 Å². The second-order valence-electron chi connectivity index (χ2n) is 4.90. The minimum atomic E-state index is 0.226. The van der Waals surface area contributed by atoms with Crippen LogP contribution in [0.15, 0.2) is 12.1 Å². The fraction of sp³-hybridized carbons (Fsp3) is 0.571. The van der Waals surface area contributed by atoms with E-state index in [0.717, 1.165) is 31.6 Å². The summed E-state index contributed by atoms with van der Waals surface area (Å²) in [5, 5.41) is 9.31. The summed E-state index contributed by atoms with van der Waals surface area (Å²) in [5.41, 5.74) is 7.73. The first kappa shape index (κ1) is 13.8. The Bertz CT molecular complexity index is 437. The Kier molecular flexibility index (Phi) is 4.37. The Morgan fingerprint density at radius 3 is 2.63 bits per heavy atom. The third-order valence-electron chi connectivity index (χ3n) is 3.65. The first-order chi connectivity index (χ1) is 9.19. The van der Waals surface area contributed by atoms with Crippen molar-refractivity contribution in [1.29, 1.82) is 0 Å². The molecule has 3 N–H and O–H groups in total. The Balaban J connectivity index is 2.28. The van der Waals surface area contributed by atoms with Gasteiger partial charge in [0.15, 0.2) is 11.5 Å². The molecule has 0 aromatic heterocycles. The number of anilines is 2. The molecule has 1 atom stereocenters. The first-order valence-corrected chi connectivity index (χ1v) is 6.57. The average molecular weight is 266 g/mol. The normalized spacial score (nSPS) is 19.3. The van der Waals surface area contributed by atoms with E-state index in [-0.39, 0.29) is 6.61 Å². The molecule has 1 unspecified atom stereocenters. The number of aliphatic hydroxyl groups is 1. The van der Waals surface area contributed by atoms with Crippen LogP contribution in [0.25, 0.3) is 0 Å². The predicted octanol–water partition coefficient (Wildman–Crippen LogP) is 1.49. The number of methoxy groups -OCH3 is 2. The van der Waals surface area contributed by atoms with Gasteiger partial charge in [0.25, 0.3) is 0 Å². The second-order valence-corrected chi connectivity index (χ2v) is 4.90. The lowest BCUT2D eigenvalue weighted by Gasteiger charge is -2.34. The van der Waals surface area contributed by atoms with E-state index in [1.165, 1.54) is 0 Å². The maximum Gasteiger partial charge on any atom is 0.162 e. The highest BCUT2D eigenvalue weighted by atomic mass is 16.5. The number of piperidine rings is 1. The molecule has 1 aliphatic heterocycles. The van der Waals surface area contributed by atoms with E-state index < -0.39 is 0 Å². The van der Waals surface area contributed by atoms with E-state index in [1.54, 1.807) is 20.3 Å². The molecule has 0 saturated carbocycles. The molecular formula is C14H22N2O3. The van der Waals surface area contributed by atoms with Gasteiger partial charge in [0.1, 0.15) is 0 Å². The van der Waals surface area contributed by atoms with Crippen molar-refractivity contribution >= 4 is 11.4 Å². The van der Waals surface area contributed by atoms with Crippen LogP contribution in [-0.4, -0.2) is 39.0 Å². The highest BCUT2D eigenvalue weighted by Gasteiger charge is 2.22. The molecule has 0 spiro atoms. The molecule has 0 amide bonds. The van der Waals surface area contributed by atoms with Crippen LogP contribution < -0.4 is 20.1 Å². The van der Waals surface area contributed by atoms with Crippen LogP contribution in [-0.2, 0) is 0 Å². The van der Waals surface area contributed by atoms with E-state index in [0.29, 0.717) is 23.1 Å². The average Bonchev–Trinajstić information content (AvgIpc) is 2.46. The molecule has 106 valence electrons. The maximum atomic E-state index is 9.31. The molecule has 5 nitrogen and oxygen atoms in total. The van der Waals surface area contributed by atoms with Crippen molar-refractivity contribution in [3.05, 3.63) is 12.1 Å². The van der Waals surface area contributed by atoms with Gasteiger partial charge in [0, 0.05) is 31.8 Å². The van der Waals surface area contributed by atoms with Crippen LogP contribution in [0.3, 0.4) is 0 Å². The van der Waals surface area contributed by atoms with Gasteiger partial charge in [-0.05, 0) is 18.8 Å². The third-order valence-corrected chi connectivity index (χ3v) is 3.65. The smallest absolute Gasteiger partial charge is 0.162 e. The highest BCUT2D eigenvalue weighted by molar-refractivity contribution is 5.73. The zero-order valence-electron chi connectivity index (χ0n) is 11.6. The summed E-state index contributed by atoms with van der Waals surface area (Å²) >= 11 is 0. The number of benzene rings is 1. The molecule has 1 aliphatic rings. The third kappa shape index (κ3) is 2.87. The molecule has 1 aromatic rings. The van der Waals surface area contributed by atoms with E-state index in [4.69, 9.17) is 15.2 Å². The van der Waals surface area contributed by atoms with Crippen LogP contribution in [0.4, 0.5) is 11.4 Å². The number of nitrogen functional groups attached to an aromatic ring is 1. The summed E-state index contributed by atoms with van der Waals surface area (Å²) in [5.74, 6) is 1.64. The zero-order chi connectivity index (χ0) is 13.8. The summed E-state index contributed by atoms with van der Waals surface area (Å²) in [6.07, 6.45) is 2.14. The van der Waals surface area contributed by atoms with Gasteiger partial charge in [-0.25, -0.2) is 0 Å². The summed E-state index contributed by atoms with van der Waals surface area (Å²) in [7, 11) is 3.21. The van der Waals surface area contributed by atoms with Crippen molar-refractivity contribution in [3.63, 3.8) is 0 Å². The molecule has 19 heavy (non-hydrogen) atoms. The monoisotopic (exact) mass is 266 g/mol. The Labute approximate surface area is 113 Å². The van der Waals surface area contributed by atoms with E-state index in [2.05, 4.69) is 4.90 Å². The summed E-state index contributed by atoms with van der Waals surface area (Å²) in [4.78, 5) is 2.21. The maximum absolute atomic E-state index is 9.31. The van der Waals surface area contributed by atoms with Gasteiger partial charge in [0.05, 0.1) is 25.6 Å². The fourth-order valence-corrected chi connectivity index (χ4v) is 2.59. The van der Waals surface area contributed by atoms with Gasteiger partial charge in [-0.15, -0.1) is 0 Å². The Morgan fingerprint density at radius 1 is 1.32 bits per heavy atom. The molecule has 1 fully saturated rings. The van der Waals surface area contributed by atoms with Crippen molar-refractivity contribution < 1.29 is 14.6 Å². The SMILES string of the molecule is COc1cc(N)c(N2CCCC(CO)C2)cc1OC. The molecular weight excluding hydrogens is 244 g/mol. The van der Waals surface area contributed by atoms with Crippen LogP contribution >= 0.6 is 0 Å². The summed E-state index contributed by atoms with van der Waals surface area (Å²) < 4.78 is 10.6. The highest BCUT2D eigenvalue weighted by Crippen LogP contribution is 2.38. The second kappa shape index (κ2) is 6.02. The number of nitrogens with two attached hydrogens (primary N) is 1. The standard InChI is InChI=1S/C14H22N2O3/c1-18-13-6-11(15)12(7-14(13)19-2)16-5-3-4-10(8-16)9-17/h6-7,10,17H,3-5,8-9,15H2,1-2H3. The fourth-order valence-electron chi connectivity index (χ4n) is 2.59. The summed E-state index contributed by atoms with van der Waals surface area (Å²) in [6.45, 7) is 2.01. The van der Waals surface area contributed by atoms with E-state index in [1.807, 2.05) is 6.07 Å². The minimum Gasteiger partial charge on any atom is -0.493 e. The van der Waals surface area contributed by atoms with Crippen molar-refractivity contribution in [2.24, 2.45) is 5.92 Å². The molecule has 2 rings (SSSR count). The van der Waals surface area contributed by atoms with Gasteiger partial charge in [-0.3, -0.25) is 0 Å². The summed E-state index contributed by atoms with van der Waals surface area (Å²) in [6, 6.07) is 3.70. The molecule has 0 radical (unpaired) electrons.